The molecule has 154 valence electrons. The lowest BCUT2D eigenvalue weighted by molar-refractivity contribution is 0.0191. The summed E-state index contributed by atoms with van der Waals surface area (Å²) in [7, 11) is 1.75. The molecule has 2 N–H and O–H groups in total. The van der Waals surface area contributed by atoms with Gasteiger partial charge in [0, 0.05) is 36.3 Å². The third-order valence-corrected chi connectivity index (χ3v) is 6.95. The Balaban J connectivity index is 1.34. The van der Waals surface area contributed by atoms with Gasteiger partial charge >= 0.3 is 6.03 Å². The van der Waals surface area contributed by atoms with Crippen molar-refractivity contribution in [2.45, 2.75) is 94.9 Å². The number of carbonyl (C=O) groups is 1. The summed E-state index contributed by atoms with van der Waals surface area (Å²) in [5.74, 6) is 0.979. The fourth-order valence-corrected chi connectivity index (χ4v) is 5.54. The number of benzene rings is 1. The van der Waals surface area contributed by atoms with Crippen LogP contribution in [-0.2, 0) is 6.54 Å². The van der Waals surface area contributed by atoms with Crippen LogP contribution in [0.1, 0.15) is 69.8 Å². The molecule has 1 aromatic rings. The second kappa shape index (κ2) is 9.17. The number of piperidine rings is 2. The van der Waals surface area contributed by atoms with Gasteiger partial charge in [-0.1, -0.05) is 43.9 Å². The standard InChI is InChI=1S/C23H35N3O2/c1-28-22-13-6-5-8-17(22)16-26-20-11-7-12-21(26)15-19(14-20)25-23(27)24-18-9-3-2-4-10-18/h5-6,8,13,18-21H,2-4,7,9-12,14-16H2,1H3,(H2,24,25,27)/t20-,21-/m1/s1. The van der Waals surface area contributed by atoms with Gasteiger partial charge in [-0.2, -0.15) is 0 Å². The van der Waals surface area contributed by atoms with Crippen molar-refractivity contribution in [1.29, 1.82) is 0 Å². The minimum Gasteiger partial charge on any atom is -0.496 e. The van der Waals surface area contributed by atoms with Crippen molar-refractivity contribution in [3.63, 3.8) is 0 Å². The van der Waals surface area contributed by atoms with Crippen molar-refractivity contribution < 1.29 is 9.53 Å². The van der Waals surface area contributed by atoms with Crippen LogP contribution >= 0.6 is 0 Å². The van der Waals surface area contributed by atoms with Gasteiger partial charge in [-0.3, -0.25) is 4.90 Å². The molecule has 0 radical (unpaired) electrons. The molecule has 5 heteroatoms. The third kappa shape index (κ3) is 4.62. The maximum Gasteiger partial charge on any atom is 0.315 e. The number of nitrogens with one attached hydrogen (secondary N) is 2. The van der Waals surface area contributed by atoms with Gasteiger partial charge in [-0.25, -0.2) is 4.79 Å². The van der Waals surface area contributed by atoms with Crippen LogP contribution in [0.25, 0.3) is 0 Å². The zero-order valence-corrected chi connectivity index (χ0v) is 17.2. The number of ether oxygens (including phenoxy) is 1. The van der Waals surface area contributed by atoms with Gasteiger partial charge in [-0.05, 0) is 44.6 Å². The second-order valence-corrected chi connectivity index (χ2v) is 8.84. The summed E-state index contributed by atoms with van der Waals surface area (Å²) in [6, 6.07) is 10.2. The number of nitrogens with zero attached hydrogens (tertiary/aromatic N) is 1. The molecule has 28 heavy (non-hydrogen) atoms. The summed E-state index contributed by atoms with van der Waals surface area (Å²) in [5, 5.41) is 6.52. The fraction of sp³-hybridized carbons (Fsp3) is 0.696. The first kappa shape index (κ1) is 19.6. The second-order valence-electron chi connectivity index (χ2n) is 8.84. The molecule has 0 unspecified atom stereocenters. The van der Waals surface area contributed by atoms with E-state index < -0.39 is 0 Å². The smallest absolute Gasteiger partial charge is 0.315 e. The highest BCUT2D eigenvalue weighted by Gasteiger charge is 2.39. The lowest BCUT2D eigenvalue weighted by Gasteiger charge is -2.49. The van der Waals surface area contributed by atoms with Crippen LogP contribution in [-0.4, -0.2) is 42.2 Å². The zero-order chi connectivity index (χ0) is 19.3. The first-order valence-electron chi connectivity index (χ1n) is 11.2. The van der Waals surface area contributed by atoms with Crippen LogP contribution in [0, 0.1) is 0 Å². The van der Waals surface area contributed by atoms with Crippen LogP contribution in [0.2, 0.25) is 0 Å². The van der Waals surface area contributed by atoms with Crippen LogP contribution < -0.4 is 15.4 Å². The van der Waals surface area contributed by atoms with E-state index in [4.69, 9.17) is 4.74 Å². The van der Waals surface area contributed by atoms with Gasteiger partial charge in [0.1, 0.15) is 5.75 Å². The average Bonchev–Trinajstić information content (AvgIpc) is 2.69. The molecule has 2 bridgehead atoms. The van der Waals surface area contributed by atoms with Crippen molar-refractivity contribution >= 4 is 6.03 Å². The van der Waals surface area contributed by atoms with E-state index in [0.717, 1.165) is 38.0 Å². The van der Waals surface area contributed by atoms with E-state index in [9.17, 15) is 4.79 Å². The summed E-state index contributed by atoms with van der Waals surface area (Å²) in [6.07, 6.45) is 12.0. The lowest BCUT2D eigenvalue weighted by atomic mass is 9.81. The van der Waals surface area contributed by atoms with Crippen LogP contribution in [0.4, 0.5) is 4.79 Å². The largest absolute Gasteiger partial charge is 0.496 e. The Kier molecular flexibility index (Phi) is 6.40. The molecule has 0 spiro atoms. The molecule has 1 aromatic carbocycles. The number of urea groups is 1. The summed E-state index contributed by atoms with van der Waals surface area (Å²) in [4.78, 5) is 15.2. The number of methoxy groups -OCH3 is 1. The Morgan fingerprint density at radius 3 is 2.36 bits per heavy atom. The van der Waals surface area contributed by atoms with Crippen molar-refractivity contribution in [3.8, 4) is 5.75 Å². The van der Waals surface area contributed by atoms with E-state index in [-0.39, 0.29) is 6.03 Å². The maximum absolute atomic E-state index is 12.5. The van der Waals surface area contributed by atoms with E-state index in [1.165, 1.54) is 44.1 Å². The SMILES string of the molecule is COc1ccccc1CN1[C@@H]2CCC[C@@H]1CC(NC(=O)NC1CCCCC1)C2. The predicted molar refractivity (Wildman–Crippen MR) is 112 cm³/mol. The number of hydrogen-bond donors (Lipinski definition) is 2. The average molecular weight is 386 g/mol. The molecule has 5 nitrogen and oxygen atoms in total. The molecule has 2 aliphatic heterocycles. The van der Waals surface area contributed by atoms with Gasteiger partial charge in [0.05, 0.1) is 7.11 Å². The first-order chi connectivity index (χ1) is 13.7. The molecule has 3 aliphatic rings. The van der Waals surface area contributed by atoms with Crippen LogP contribution in [0.5, 0.6) is 5.75 Å². The van der Waals surface area contributed by atoms with Crippen LogP contribution in [0.15, 0.2) is 24.3 Å². The molecule has 0 aromatic heterocycles. The molecular weight excluding hydrogens is 350 g/mol. The lowest BCUT2D eigenvalue weighted by Crippen LogP contribution is -2.58. The normalized spacial score (nSPS) is 28.5. The van der Waals surface area contributed by atoms with Crippen molar-refractivity contribution in [2.75, 3.05) is 7.11 Å². The Hall–Kier alpha value is -1.75. The molecule has 2 amide bonds. The third-order valence-electron chi connectivity index (χ3n) is 6.95. The van der Waals surface area contributed by atoms with Gasteiger partial charge < -0.3 is 15.4 Å². The summed E-state index contributed by atoms with van der Waals surface area (Å²) in [6.45, 7) is 0.945. The quantitative estimate of drug-likeness (QED) is 0.798. The Labute approximate surface area is 169 Å². The molecule has 1 aliphatic carbocycles. The van der Waals surface area contributed by atoms with E-state index in [1.807, 2.05) is 6.07 Å². The molecular formula is C23H35N3O2. The number of para-hydroxylation sites is 1. The number of amides is 2. The van der Waals surface area contributed by atoms with Gasteiger partial charge in [0.15, 0.2) is 0 Å². The molecule has 4 rings (SSSR count). The van der Waals surface area contributed by atoms with E-state index in [1.54, 1.807) is 7.11 Å². The molecule has 2 heterocycles. The van der Waals surface area contributed by atoms with Crippen molar-refractivity contribution in [1.82, 2.24) is 15.5 Å². The minimum absolute atomic E-state index is 0.0492. The monoisotopic (exact) mass is 385 g/mol. The number of hydrogen-bond acceptors (Lipinski definition) is 3. The minimum atomic E-state index is 0.0492. The van der Waals surface area contributed by atoms with Crippen molar-refractivity contribution in [2.24, 2.45) is 0 Å². The van der Waals surface area contributed by atoms with E-state index in [2.05, 4.69) is 33.7 Å². The van der Waals surface area contributed by atoms with E-state index >= 15 is 0 Å². The predicted octanol–water partition coefficient (Wildman–Crippen LogP) is 4.21. The Bertz CT molecular complexity index is 645. The summed E-state index contributed by atoms with van der Waals surface area (Å²) < 4.78 is 5.56. The van der Waals surface area contributed by atoms with Crippen molar-refractivity contribution in [3.05, 3.63) is 29.8 Å². The van der Waals surface area contributed by atoms with Crippen LogP contribution in [0.3, 0.4) is 0 Å². The number of rotatable bonds is 5. The van der Waals surface area contributed by atoms with Gasteiger partial charge in [-0.15, -0.1) is 0 Å². The highest BCUT2D eigenvalue weighted by atomic mass is 16.5. The molecule has 1 saturated carbocycles. The number of fused-ring (bicyclic) bond motifs is 2. The summed E-state index contributed by atoms with van der Waals surface area (Å²) >= 11 is 0. The summed E-state index contributed by atoms with van der Waals surface area (Å²) in [5.41, 5.74) is 1.27. The molecule has 3 fully saturated rings. The maximum atomic E-state index is 12.5. The highest BCUT2D eigenvalue weighted by Crippen LogP contribution is 2.36. The van der Waals surface area contributed by atoms with Gasteiger partial charge in [0.25, 0.3) is 0 Å². The number of carbonyl (C=O) groups excluding carboxylic acids is 1. The van der Waals surface area contributed by atoms with E-state index in [0.29, 0.717) is 24.2 Å². The first-order valence-corrected chi connectivity index (χ1v) is 11.2. The Morgan fingerprint density at radius 1 is 0.964 bits per heavy atom. The topological polar surface area (TPSA) is 53.6 Å². The fourth-order valence-electron chi connectivity index (χ4n) is 5.54. The zero-order valence-electron chi connectivity index (χ0n) is 17.2. The molecule has 2 saturated heterocycles. The molecule has 2 atom stereocenters. The van der Waals surface area contributed by atoms with Gasteiger partial charge in [0.2, 0.25) is 0 Å². The Morgan fingerprint density at radius 2 is 1.64 bits per heavy atom. The highest BCUT2D eigenvalue weighted by molar-refractivity contribution is 5.74.